The van der Waals surface area contributed by atoms with E-state index in [0.29, 0.717) is 11.4 Å². The first-order valence-electron chi connectivity index (χ1n) is 4.98. The molecular formula is C11H12F2N2O. The molecule has 16 heavy (non-hydrogen) atoms. The van der Waals surface area contributed by atoms with Gasteiger partial charge in [-0.05, 0) is 12.1 Å². The summed E-state index contributed by atoms with van der Waals surface area (Å²) in [5, 5.41) is 0. The summed E-state index contributed by atoms with van der Waals surface area (Å²) in [5.74, 6) is -0.167. The fraction of sp³-hybridized carbons (Fsp3) is 0.364. The molecular weight excluding hydrogens is 214 g/mol. The van der Waals surface area contributed by atoms with Gasteiger partial charge in [-0.2, -0.15) is 0 Å². The maximum Gasteiger partial charge on any atom is 0.255 e. The van der Waals surface area contributed by atoms with E-state index < -0.39 is 13.0 Å². The molecule has 0 radical (unpaired) electrons. The molecule has 1 heterocycles. The van der Waals surface area contributed by atoms with Gasteiger partial charge in [0, 0.05) is 7.05 Å². The number of nitrogens with zero attached hydrogens (tertiary/aromatic N) is 2. The van der Waals surface area contributed by atoms with Gasteiger partial charge < -0.3 is 9.80 Å². The van der Waals surface area contributed by atoms with Crippen molar-refractivity contribution >= 4 is 17.3 Å². The maximum atomic E-state index is 12.4. The quantitative estimate of drug-likeness (QED) is 0.766. The molecule has 0 spiro atoms. The van der Waals surface area contributed by atoms with Crippen molar-refractivity contribution in [2.24, 2.45) is 0 Å². The van der Waals surface area contributed by atoms with Crippen LogP contribution in [0.3, 0.4) is 0 Å². The fourth-order valence-electron chi connectivity index (χ4n) is 1.83. The van der Waals surface area contributed by atoms with Crippen molar-refractivity contribution in [2.45, 2.75) is 6.43 Å². The lowest BCUT2D eigenvalue weighted by molar-refractivity contribution is -0.117. The number of rotatable bonds is 2. The normalized spacial score (nSPS) is 15.6. The van der Waals surface area contributed by atoms with Gasteiger partial charge in [-0.3, -0.25) is 4.79 Å². The highest BCUT2D eigenvalue weighted by molar-refractivity contribution is 6.02. The summed E-state index contributed by atoms with van der Waals surface area (Å²) in [5.41, 5.74) is 1.37. The Morgan fingerprint density at radius 2 is 1.94 bits per heavy atom. The zero-order valence-corrected chi connectivity index (χ0v) is 8.86. The van der Waals surface area contributed by atoms with Crippen molar-refractivity contribution in [1.82, 2.24) is 0 Å². The highest BCUT2D eigenvalue weighted by Gasteiger charge is 2.27. The third kappa shape index (κ3) is 1.85. The maximum absolute atomic E-state index is 12.4. The Morgan fingerprint density at radius 1 is 1.31 bits per heavy atom. The summed E-state index contributed by atoms with van der Waals surface area (Å²) in [6, 6.07) is 7.07. The number of halogens is 2. The van der Waals surface area contributed by atoms with Gasteiger partial charge in [0.2, 0.25) is 5.91 Å². The molecule has 0 aliphatic carbocycles. The lowest BCUT2D eigenvalue weighted by Gasteiger charge is -2.35. The van der Waals surface area contributed by atoms with Crippen LogP contribution in [0.4, 0.5) is 20.2 Å². The smallest absolute Gasteiger partial charge is 0.255 e. The van der Waals surface area contributed by atoms with E-state index in [9.17, 15) is 13.6 Å². The third-order valence-corrected chi connectivity index (χ3v) is 2.64. The molecule has 0 unspecified atom stereocenters. The summed E-state index contributed by atoms with van der Waals surface area (Å²) in [7, 11) is 1.65. The van der Waals surface area contributed by atoms with Gasteiger partial charge in [-0.25, -0.2) is 8.78 Å². The van der Waals surface area contributed by atoms with Crippen LogP contribution >= 0.6 is 0 Å². The highest BCUT2D eigenvalue weighted by atomic mass is 19.3. The minimum Gasteiger partial charge on any atom is -0.355 e. The molecule has 2 rings (SSSR count). The number of likely N-dealkylation sites (N-methyl/N-ethyl adjacent to an activating group) is 1. The number of carbonyl (C=O) groups is 1. The molecule has 1 aliphatic heterocycles. The van der Waals surface area contributed by atoms with Crippen LogP contribution in [0.2, 0.25) is 0 Å². The van der Waals surface area contributed by atoms with Crippen LogP contribution in [0.25, 0.3) is 0 Å². The standard InChI is InChI=1S/C11H12F2N2O/c1-14-8-4-2-3-5-9(8)15(6-10(12)13)7-11(14)16/h2-5,10H,6-7H2,1H3. The number of para-hydroxylation sites is 2. The molecule has 1 aromatic rings. The number of amides is 1. The van der Waals surface area contributed by atoms with Gasteiger partial charge in [0.05, 0.1) is 24.5 Å². The summed E-state index contributed by atoms with van der Waals surface area (Å²) >= 11 is 0. The first-order valence-corrected chi connectivity index (χ1v) is 4.98. The van der Waals surface area contributed by atoms with Gasteiger partial charge in [-0.15, -0.1) is 0 Å². The average Bonchev–Trinajstić information content (AvgIpc) is 2.25. The number of carbonyl (C=O) groups excluding carboxylic acids is 1. The van der Waals surface area contributed by atoms with Crippen molar-refractivity contribution in [3.05, 3.63) is 24.3 Å². The minimum absolute atomic E-state index is 0.0118. The number of fused-ring (bicyclic) bond motifs is 1. The van der Waals surface area contributed by atoms with Crippen LogP contribution < -0.4 is 9.80 Å². The number of hydrogen-bond acceptors (Lipinski definition) is 2. The average molecular weight is 226 g/mol. The monoisotopic (exact) mass is 226 g/mol. The number of anilines is 2. The summed E-state index contributed by atoms with van der Waals surface area (Å²) in [6.07, 6.45) is -2.44. The fourth-order valence-corrected chi connectivity index (χ4v) is 1.83. The van der Waals surface area contributed by atoms with Crippen LogP contribution in [0, 0.1) is 0 Å². The Morgan fingerprint density at radius 3 is 2.56 bits per heavy atom. The molecule has 1 amide bonds. The van der Waals surface area contributed by atoms with Crippen molar-refractivity contribution in [3.63, 3.8) is 0 Å². The second-order valence-electron chi connectivity index (χ2n) is 3.71. The summed E-state index contributed by atoms with van der Waals surface area (Å²) in [4.78, 5) is 14.5. The number of benzene rings is 1. The van der Waals surface area contributed by atoms with Crippen LogP contribution in [0.5, 0.6) is 0 Å². The first kappa shape index (κ1) is 10.9. The lowest BCUT2D eigenvalue weighted by Crippen LogP contribution is -2.45. The zero-order chi connectivity index (χ0) is 11.7. The van der Waals surface area contributed by atoms with E-state index >= 15 is 0 Å². The van der Waals surface area contributed by atoms with Crippen LogP contribution in [0.1, 0.15) is 0 Å². The SMILES string of the molecule is CN1C(=O)CN(CC(F)F)c2ccccc21. The largest absolute Gasteiger partial charge is 0.355 e. The molecule has 0 aromatic heterocycles. The predicted octanol–water partition coefficient (Wildman–Crippen LogP) is 1.73. The molecule has 1 aliphatic rings. The molecule has 0 saturated heterocycles. The minimum atomic E-state index is -2.44. The number of hydrogen-bond donors (Lipinski definition) is 0. The number of alkyl halides is 2. The van der Waals surface area contributed by atoms with Crippen molar-refractivity contribution in [1.29, 1.82) is 0 Å². The van der Waals surface area contributed by atoms with Gasteiger partial charge in [-0.1, -0.05) is 12.1 Å². The van der Waals surface area contributed by atoms with E-state index in [-0.39, 0.29) is 12.5 Å². The van der Waals surface area contributed by atoms with E-state index in [1.54, 1.807) is 31.3 Å². The zero-order valence-electron chi connectivity index (χ0n) is 8.86. The van der Waals surface area contributed by atoms with Crippen LogP contribution in [0.15, 0.2) is 24.3 Å². The Labute approximate surface area is 92.3 Å². The highest BCUT2D eigenvalue weighted by Crippen LogP contribution is 2.32. The lowest BCUT2D eigenvalue weighted by atomic mass is 10.1. The predicted molar refractivity (Wildman–Crippen MR) is 58.1 cm³/mol. The molecule has 0 fully saturated rings. The van der Waals surface area contributed by atoms with Gasteiger partial charge in [0.1, 0.15) is 0 Å². The molecule has 0 atom stereocenters. The summed E-state index contributed by atoms with van der Waals surface area (Å²) in [6.45, 7) is -0.394. The molecule has 5 heteroatoms. The molecule has 1 aromatic carbocycles. The Balaban J connectivity index is 2.37. The molecule has 0 saturated carbocycles. The van der Waals surface area contributed by atoms with Crippen LogP contribution in [-0.2, 0) is 4.79 Å². The molecule has 0 bridgehead atoms. The molecule has 0 N–H and O–H groups in total. The Hall–Kier alpha value is -1.65. The van der Waals surface area contributed by atoms with Crippen molar-refractivity contribution < 1.29 is 13.6 Å². The van der Waals surface area contributed by atoms with Crippen molar-refractivity contribution in [2.75, 3.05) is 29.9 Å². The van der Waals surface area contributed by atoms with E-state index in [0.717, 1.165) is 0 Å². The Bertz CT molecular complexity index is 409. The summed E-state index contributed by atoms with van der Waals surface area (Å²) < 4.78 is 24.7. The van der Waals surface area contributed by atoms with E-state index in [2.05, 4.69) is 0 Å². The van der Waals surface area contributed by atoms with Gasteiger partial charge in [0.25, 0.3) is 6.43 Å². The van der Waals surface area contributed by atoms with Gasteiger partial charge >= 0.3 is 0 Å². The molecule has 86 valence electrons. The van der Waals surface area contributed by atoms with E-state index in [1.807, 2.05) is 0 Å². The topological polar surface area (TPSA) is 23.6 Å². The van der Waals surface area contributed by atoms with E-state index in [4.69, 9.17) is 0 Å². The third-order valence-electron chi connectivity index (χ3n) is 2.64. The Kier molecular flexibility index (Phi) is 2.77. The van der Waals surface area contributed by atoms with Crippen LogP contribution in [-0.4, -0.2) is 32.5 Å². The second-order valence-corrected chi connectivity index (χ2v) is 3.71. The second kappa shape index (κ2) is 4.08. The van der Waals surface area contributed by atoms with Crippen molar-refractivity contribution in [3.8, 4) is 0 Å². The first-order chi connectivity index (χ1) is 7.59. The molecule has 3 nitrogen and oxygen atoms in total. The van der Waals surface area contributed by atoms with Gasteiger partial charge in [0.15, 0.2) is 0 Å². The van der Waals surface area contributed by atoms with E-state index in [1.165, 1.54) is 9.80 Å².